The van der Waals surface area contributed by atoms with Gasteiger partial charge in [0.1, 0.15) is 5.69 Å². The molecule has 0 unspecified atom stereocenters. The van der Waals surface area contributed by atoms with Crippen molar-refractivity contribution >= 4 is 5.95 Å². The van der Waals surface area contributed by atoms with Crippen LogP contribution >= 0.6 is 0 Å². The molecule has 6 nitrogen and oxygen atoms in total. The minimum atomic E-state index is 0.234. The normalized spacial score (nSPS) is 10.9. The molecular formula is C21H20N6. The molecule has 0 aliphatic heterocycles. The Balaban J connectivity index is 1.62. The van der Waals surface area contributed by atoms with Gasteiger partial charge in [0.2, 0.25) is 5.95 Å². The molecule has 1 aromatic carbocycles. The van der Waals surface area contributed by atoms with Crippen LogP contribution in [0.5, 0.6) is 0 Å². The average molecular weight is 356 g/mol. The highest BCUT2D eigenvalue weighted by Gasteiger charge is 2.10. The summed E-state index contributed by atoms with van der Waals surface area (Å²) >= 11 is 0. The first-order valence-electron chi connectivity index (χ1n) is 8.90. The van der Waals surface area contributed by atoms with Gasteiger partial charge in [0.05, 0.1) is 23.6 Å². The monoisotopic (exact) mass is 356 g/mol. The molecule has 0 radical (unpaired) electrons. The van der Waals surface area contributed by atoms with Gasteiger partial charge in [0.15, 0.2) is 0 Å². The summed E-state index contributed by atoms with van der Waals surface area (Å²) in [5.41, 5.74) is 11.2. The van der Waals surface area contributed by atoms with E-state index in [1.165, 1.54) is 0 Å². The van der Waals surface area contributed by atoms with Crippen LogP contribution in [-0.4, -0.2) is 24.7 Å². The zero-order valence-corrected chi connectivity index (χ0v) is 15.1. The van der Waals surface area contributed by atoms with Crippen molar-refractivity contribution in [2.75, 3.05) is 5.73 Å². The molecule has 0 bridgehead atoms. The summed E-state index contributed by atoms with van der Waals surface area (Å²) in [5, 5.41) is 4.64. The van der Waals surface area contributed by atoms with E-state index in [1.54, 1.807) is 0 Å². The number of pyridine rings is 1. The van der Waals surface area contributed by atoms with Gasteiger partial charge in [-0.1, -0.05) is 43.3 Å². The van der Waals surface area contributed by atoms with E-state index in [9.17, 15) is 0 Å². The lowest BCUT2D eigenvalue weighted by Gasteiger charge is -2.05. The number of hydrogen-bond acceptors (Lipinski definition) is 5. The van der Waals surface area contributed by atoms with Crippen LogP contribution in [0.3, 0.4) is 0 Å². The molecule has 4 aromatic rings. The number of nitrogens with two attached hydrogens (primary N) is 1. The van der Waals surface area contributed by atoms with Crippen molar-refractivity contribution < 1.29 is 0 Å². The van der Waals surface area contributed by atoms with E-state index in [-0.39, 0.29) is 5.95 Å². The number of nitrogen functional groups attached to an aromatic ring is 1. The summed E-state index contributed by atoms with van der Waals surface area (Å²) in [7, 11) is 0. The Kier molecular flexibility index (Phi) is 4.61. The van der Waals surface area contributed by atoms with Crippen LogP contribution < -0.4 is 5.73 Å². The third kappa shape index (κ3) is 3.84. The highest BCUT2D eigenvalue weighted by molar-refractivity contribution is 5.67. The minimum absolute atomic E-state index is 0.234. The van der Waals surface area contributed by atoms with E-state index in [1.807, 2.05) is 71.5 Å². The van der Waals surface area contributed by atoms with Crippen LogP contribution in [0.25, 0.3) is 22.6 Å². The van der Waals surface area contributed by atoms with Crippen molar-refractivity contribution in [2.45, 2.75) is 19.9 Å². The second kappa shape index (κ2) is 7.37. The van der Waals surface area contributed by atoms with E-state index in [2.05, 4.69) is 27.0 Å². The van der Waals surface area contributed by atoms with Crippen LogP contribution in [0.2, 0.25) is 0 Å². The fourth-order valence-corrected chi connectivity index (χ4v) is 2.92. The van der Waals surface area contributed by atoms with Crippen LogP contribution in [-0.2, 0) is 13.0 Å². The lowest BCUT2D eigenvalue weighted by Crippen LogP contribution is -2.04. The van der Waals surface area contributed by atoms with E-state index < -0.39 is 0 Å². The number of aryl methyl sites for hydroxylation is 1. The lowest BCUT2D eigenvalue weighted by atomic mass is 10.1. The Morgan fingerprint density at radius 3 is 2.41 bits per heavy atom. The molecular weight excluding hydrogens is 336 g/mol. The molecule has 27 heavy (non-hydrogen) atoms. The molecule has 2 N–H and O–H groups in total. The third-order valence-corrected chi connectivity index (χ3v) is 4.27. The van der Waals surface area contributed by atoms with Gasteiger partial charge in [-0.05, 0) is 30.7 Å². The molecule has 0 fully saturated rings. The zero-order chi connectivity index (χ0) is 18.6. The van der Waals surface area contributed by atoms with E-state index in [0.717, 1.165) is 34.8 Å². The van der Waals surface area contributed by atoms with Gasteiger partial charge in [0, 0.05) is 17.5 Å². The fraction of sp³-hybridized carbons (Fsp3) is 0.143. The standard InChI is InChI=1S/C21H20N6/c1-2-16-9-6-10-17(23-16)14-27-12-11-18(26-27)20-13-19(24-21(22)25-20)15-7-4-3-5-8-15/h3-13H,2,14H2,1H3,(H2,22,24,25). The molecule has 0 aliphatic rings. The molecule has 134 valence electrons. The molecule has 0 saturated carbocycles. The molecule has 3 heterocycles. The SMILES string of the molecule is CCc1cccc(Cn2ccc(-c3cc(-c4ccccc4)nc(N)n3)n2)n1. The van der Waals surface area contributed by atoms with Crippen molar-refractivity contribution in [3.8, 4) is 22.6 Å². The van der Waals surface area contributed by atoms with E-state index in [4.69, 9.17) is 5.73 Å². The Bertz CT molecular complexity index is 1060. The Morgan fingerprint density at radius 2 is 1.59 bits per heavy atom. The van der Waals surface area contributed by atoms with Gasteiger partial charge in [-0.15, -0.1) is 0 Å². The van der Waals surface area contributed by atoms with Crippen LogP contribution in [0, 0.1) is 0 Å². The Hall–Kier alpha value is -3.54. The highest BCUT2D eigenvalue weighted by Crippen LogP contribution is 2.23. The van der Waals surface area contributed by atoms with Gasteiger partial charge in [-0.3, -0.25) is 9.67 Å². The second-order valence-corrected chi connectivity index (χ2v) is 6.24. The van der Waals surface area contributed by atoms with Crippen molar-refractivity contribution in [3.05, 3.63) is 78.2 Å². The smallest absolute Gasteiger partial charge is 0.221 e. The van der Waals surface area contributed by atoms with E-state index in [0.29, 0.717) is 12.2 Å². The van der Waals surface area contributed by atoms with Gasteiger partial charge < -0.3 is 5.73 Å². The first-order chi connectivity index (χ1) is 13.2. The maximum atomic E-state index is 5.93. The number of aromatic nitrogens is 5. The predicted molar refractivity (Wildman–Crippen MR) is 106 cm³/mol. The molecule has 4 rings (SSSR count). The first-order valence-corrected chi connectivity index (χ1v) is 8.90. The van der Waals surface area contributed by atoms with Crippen molar-refractivity contribution in [2.24, 2.45) is 0 Å². The molecule has 0 saturated heterocycles. The molecule has 6 heteroatoms. The average Bonchev–Trinajstić information content (AvgIpc) is 3.17. The summed E-state index contributed by atoms with van der Waals surface area (Å²) in [6, 6.07) is 19.8. The molecule has 0 spiro atoms. The van der Waals surface area contributed by atoms with Gasteiger partial charge in [-0.2, -0.15) is 5.10 Å². The van der Waals surface area contributed by atoms with Crippen LogP contribution in [0.1, 0.15) is 18.3 Å². The molecule has 0 atom stereocenters. The van der Waals surface area contributed by atoms with Crippen LogP contribution in [0.15, 0.2) is 66.9 Å². The first kappa shape index (κ1) is 16.9. The summed E-state index contributed by atoms with van der Waals surface area (Å²) in [4.78, 5) is 13.3. The number of anilines is 1. The predicted octanol–water partition coefficient (Wildman–Crippen LogP) is 3.60. The van der Waals surface area contributed by atoms with Crippen molar-refractivity contribution in [3.63, 3.8) is 0 Å². The topological polar surface area (TPSA) is 82.5 Å². The number of benzene rings is 1. The quantitative estimate of drug-likeness (QED) is 0.591. The number of rotatable bonds is 5. The maximum Gasteiger partial charge on any atom is 0.221 e. The van der Waals surface area contributed by atoms with Gasteiger partial charge >= 0.3 is 0 Å². The lowest BCUT2D eigenvalue weighted by molar-refractivity contribution is 0.671. The van der Waals surface area contributed by atoms with Crippen molar-refractivity contribution in [1.82, 2.24) is 24.7 Å². The zero-order valence-electron chi connectivity index (χ0n) is 15.1. The fourth-order valence-electron chi connectivity index (χ4n) is 2.92. The summed E-state index contributed by atoms with van der Waals surface area (Å²) in [6.45, 7) is 2.71. The summed E-state index contributed by atoms with van der Waals surface area (Å²) in [5.74, 6) is 0.234. The van der Waals surface area contributed by atoms with Gasteiger partial charge in [-0.25, -0.2) is 9.97 Å². The van der Waals surface area contributed by atoms with E-state index >= 15 is 0 Å². The molecule has 3 aromatic heterocycles. The summed E-state index contributed by atoms with van der Waals surface area (Å²) < 4.78 is 1.86. The summed E-state index contributed by atoms with van der Waals surface area (Å²) in [6.07, 6.45) is 2.84. The van der Waals surface area contributed by atoms with Crippen LogP contribution in [0.4, 0.5) is 5.95 Å². The Labute approximate surface area is 157 Å². The number of nitrogens with zero attached hydrogens (tertiary/aromatic N) is 5. The maximum absolute atomic E-state index is 5.93. The second-order valence-electron chi connectivity index (χ2n) is 6.24. The number of hydrogen-bond donors (Lipinski definition) is 1. The van der Waals surface area contributed by atoms with Crippen molar-refractivity contribution in [1.29, 1.82) is 0 Å². The third-order valence-electron chi connectivity index (χ3n) is 4.27. The highest BCUT2D eigenvalue weighted by atomic mass is 15.3. The largest absolute Gasteiger partial charge is 0.368 e. The molecule has 0 aliphatic carbocycles. The Morgan fingerprint density at radius 1 is 0.815 bits per heavy atom. The minimum Gasteiger partial charge on any atom is -0.368 e. The molecule has 0 amide bonds. The van der Waals surface area contributed by atoms with Gasteiger partial charge in [0.25, 0.3) is 0 Å².